The van der Waals surface area contributed by atoms with Crippen LogP contribution >= 0.6 is 0 Å². The van der Waals surface area contributed by atoms with E-state index in [2.05, 4.69) is 0 Å². The maximum absolute atomic E-state index is 11.5. The first-order valence-electron chi connectivity index (χ1n) is 5.55. The van der Waals surface area contributed by atoms with Crippen molar-refractivity contribution in [1.29, 1.82) is 0 Å². The molecule has 0 saturated heterocycles. The summed E-state index contributed by atoms with van der Waals surface area (Å²) in [6.45, 7) is 3.38. The Morgan fingerprint density at radius 2 is 1.94 bits per heavy atom. The van der Waals surface area contributed by atoms with Gasteiger partial charge in [-0.25, -0.2) is 0 Å². The predicted octanol–water partition coefficient (Wildman–Crippen LogP) is 2.47. The number of esters is 1. The van der Waals surface area contributed by atoms with E-state index >= 15 is 0 Å². The molecule has 0 radical (unpaired) electrons. The summed E-state index contributed by atoms with van der Waals surface area (Å²) in [6, 6.07) is 9.50. The summed E-state index contributed by atoms with van der Waals surface area (Å²) in [6.07, 6.45) is 3.33. The van der Waals surface area contributed by atoms with Crippen molar-refractivity contribution in [3.8, 4) is 0 Å². The second-order valence-electron chi connectivity index (χ2n) is 3.61. The van der Waals surface area contributed by atoms with Gasteiger partial charge in [-0.2, -0.15) is 0 Å². The van der Waals surface area contributed by atoms with Gasteiger partial charge in [0, 0.05) is 0 Å². The van der Waals surface area contributed by atoms with E-state index in [4.69, 9.17) is 4.74 Å². The summed E-state index contributed by atoms with van der Waals surface area (Å²) >= 11 is 0. The topological polar surface area (TPSA) is 43.4 Å². The van der Waals surface area contributed by atoms with Crippen LogP contribution in [0.4, 0.5) is 0 Å². The van der Waals surface area contributed by atoms with Crippen molar-refractivity contribution in [2.75, 3.05) is 6.61 Å². The number of carbonyl (C=O) groups excluding carboxylic acids is 2. The number of ether oxygens (including phenoxy) is 1. The Hall–Kier alpha value is -1.90. The van der Waals surface area contributed by atoms with E-state index in [1.165, 1.54) is 6.92 Å². The van der Waals surface area contributed by atoms with Gasteiger partial charge < -0.3 is 4.74 Å². The van der Waals surface area contributed by atoms with Crippen LogP contribution in [-0.4, -0.2) is 18.4 Å². The van der Waals surface area contributed by atoms with Crippen LogP contribution in [-0.2, 0) is 14.3 Å². The minimum absolute atomic E-state index is 0.212. The molecule has 0 bridgehead atoms. The first-order valence-corrected chi connectivity index (χ1v) is 5.55. The van der Waals surface area contributed by atoms with Crippen molar-refractivity contribution < 1.29 is 14.3 Å². The Labute approximate surface area is 101 Å². The van der Waals surface area contributed by atoms with Crippen LogP contribution in [0, 0.1) is 5.92 Å². The molecule has 0 saturated carbocycles. The van der Waals surface area contributed by atoms with Crippen LogP contribution in [0.3, 0.4) is 0 Å². The standard InChI is InChI=1S/C14H16O3/c1-3-17-14(16)13(11(2)15)10-9-12-7-5-4-6-8-12/h4-10,13H,3H2,1-2H3. The fraction of sp³-hybridized carbons (Fsp3) is 0.286. The van der Waals surface area contributed by atoms with E-state index in [1.807, 2.05) is 30.3 Å². The lowest BCUT2D eigenvalue weighted by Gasteiger charge is -2.07. The van der Waals surface area contributed by atoms with Gasteiger partial charge in [-0.1, -0.05) is 42.5 Å². The highest BCUT2D eigenvalue weighted by Gasteiger charge is 2.21. The highest BCUT2D eigenvalue weighted by atomic mass is 16.5. The molecule has 1 unspecified atom stereocenters. The molecule has 1 rings (SSSR count). The van der Waals surface area contributed by atoms with Crippen molar-refractivity contribution in [3.63, 3.8) is 0 Å². The van der Waals surface area contributed by atoms with Gasteiger partial charge in [0.25, 0.3) is 0 Å². The number of rotatable bonds is 5. The molecule has 0 aliphatic carbocycles. The van der Waals surface area contributed by atoms with Crippen LogP contribution < -0.4 is 0 Å². The molecular weight excluding hydrogens is 216 g/mol. The molecule has 1 aromatic rings. The molecule has 3 heteroatoms. The molecule has 1 aromatic carbocycles. The number of hydrogen-bond donors (Lipinski definition) is 0. The van der Waals surface area contributed by atoms with Gasteiger partial charge in [-0.05, 0) is 19.4 Å². The molecule has 0 aliphatic heterocycles. The molecular formula is C14H16O3. The van der Waals surface area contributed by atoms with Gasteiger partial charge in [0.1, 0.15) is 11.7 Å². The lowest BCUT2D eigenvalue weighted by atomic mass is 10.0. The van der Waals surface area contributed by atoms with E-state index in [9.17, 15) is 9.59 Å². The highest BCUT2D eigenvalue weighted by molar-refractivity contribution is 6.00. The second-order valence-corrected chi connectivity index (χ2v) is 3.61. The molecule has 17 heavy (non-hydrogen) atoms. The number of Topliss-reactive ketones (excluding diaryl/α,β-unsaturated/α-hetero) is 1. The predicted molar refractivity (Wildman–Crippen MR) is 66.3 cm³/mol. The fourth-order valence-corrected chi connectivity index (χ4v) is 1.38. The fourth-order valence-electron chi connectivity index (χ4n) is 1.38. The van der Waals surface area contributed by atoms with Crippen LogP contribution in [0.2, 0.25) is 0 Å². The maximum atomic E-state index is 11.5. The Balaban J connectivity index is 2.77. The summed E-state index contributed by atoms with van der Waals surface area (Å²) in [7, 11) is 0. The highest BCUT2D eigenvalue weighted by Crippen LogP contribution is 2.08. The van der Waals surface area contributed by atoms with Crippen molar-refractivity contribution in [3.05, 3.63) is 42.0 Å². The molecule has 0 aliphatic rings. The molecule has 0 fully saturated rings. The molecule has 1 atom stereocenters. The zero-order chi connectivity index (χ0) is 12.7. The van der Waals surface area contributed by atoms with E-state index in [0.29, 0.717) is 0 Å². The van der Waals surface area contributed by atoms with Crippen LogP contribution in [0.5, 0.6) is 0 Å². The molecule has 0 amide bonds. The largest absolute Gasteiger partial charge is 0.465 e. The molecule has 0 heterocycles. The number of carbonyl (C=O) groups is 2. The van der Waals surface area contributed by atoms with Gasteiger partial charge in [0.05, 0.1) is 6.61 Å². The minimum Gasteiger partial charge on any atom is -0.465 e. The third-order valence-electron chi connectivity index (χ3n) is 2.26. The molecule has 0 aromatic heterocycles. The van der Waals surface area contributed by atoms with Crippen molar-refractivity contribution in [2.24, 2.45) is 5.92 Å². The SMILES string of the molecule is CCOC(=O)C(C=Cc1ccccc1)C(C)=O. The average molecular weight is 232 g/mol. The van der Waals surface area contributed by atoms with E-state index in [0.717, 1.165) is 5.56 Å². The monoisotopic (exact) mass is 232 g/mol. The van der Waals surface area contributed by atoms with Crippen LogP contribution in [0.15, 0.2) is 36.4 Å². The van der Waals surface area contributed by atoms with Crippen molar-refractivity contribution >= 4 is 17.8 Å². The van der Waals surface area contributed by atoms with Crippen LogP contribution in [0.25, 0.3) is 6.08 Å². The van der Waals surface area contributed by atoms with E-state index in [-0.39, 0.29) is 12.4 Å². The summed E-state index contributed by atoms with van der Waals surface area (Å²) in [5.41, 5.74) is 0.947. The minimum atomic E-state index is -0.810. The van der Waals surface area contributed by atoms with E-state index in [1.54, 1.807) is 19.1 Å². The quantitative estimate of drug-likeness (QED) is 0.578. The average Bonchev–Trinajstić information content (AvgIpc) is 2.30. The normalized spacial score (nSPS) is 12.4. The summed E-state index contributed by atoms with van der Waals surface area (Å²) in [5.74, 6) is -1.52. The molecule has 0 N–H and O–H groups in total. The number of benzene rings is 1. The van der Waals surface area contributed by atoms with Crippen LogP contribution in [0.1, 0.15) is 19.4 Å². The van der Waals surface area contributed by atoms with Gasteiger partial charge in [0.15, 0.2) is 0 Å². The van der Waals surface area contributed by atoms with Crippen molar-refractivity contribution in [1.82, 2.24) is 0 Å². The molecule has 3 nitrogen and oxygen atoms in total. The zero-order valence-corrected chi connectivity index (χ0v) is 10.1. The summed E-state index contributed by atoms with van der Waals surface area (Å²) in [5, 5.41) is 0. The Morgan fingerprint density at radius 3 is 2.47 bits per heavy atom. The summed E-state index contributed by atoms with van der Waals surface area (Å²) < 4.78 is 4.84. The van der Waals surface area contributed by atoms with Gasteiger partial charge in [-0.15, -0.1) is 0 Å². The van der Waals surface area contributed by atoms with Gasteiger partial charge in [0.2, 0.25) is 0 Å². The zero-order valence-electron chi connectivity index (χ0n) is 10.1. The molecule has 0 spiro atoms. The van der Waals surface area contributed by atoms with E-state index < -0.39 is 11.9 Å². The Bertz CT molecular complexity index is 407. The lowest BCUT2D eigenvalue weighted by Crippen LogP contribution is -2.22. The third-order valence-corrected chi connectivity index (χ3v) is 2.26. The lowest BCUT2D eigenvalue weighted by molar-refractivity contribution is -0.149. The second kappa shape index (κ2) is 6.63. The first-order chi connectivity index (χ1) is 8.15. The van der Waals surface area contributed by atoms with Crippen molar-refractivity contribution in [2.45, 2.75) is 13.8 Å². The third kappa shape index (κ3) is 4.23. The Morgan fingerprint density at radius 1 is 1.29 bits per heavy atom. The first kappa shape index (κ1) is 13.2. The Kier molecular flexibility index (Phi) is 5.14. The number of hydrogen-bond acceptors (Lipinski definition) is 3. The molecule has 90 valence electrons. The smallest absolute Gasteiger partial charge is 0.320 e. The summed E-state index contributed by atoms with van der Waals surface area (Å²) in [4.78, 5) is 22.8. The number of ketones is 1. The van der Waals surface area contributed by atoms with Gasteiger partial charge >= 0.3 is 5.97 Å². The van der Waals surface area contributed by atoms with Gasteiger partial charge in [-0.3, -0.25) is 9.59 Å². The maximum Gasteiger partial charge on any atom is 0.320 e.